The number of hydrogen-bond acceptors (Lipinski definition) is 4. The summed E-state index contributed by atoms with van der Waals surface area (Å²) in [5, 5.41) is 3.78. The molecule has 6 nitrogen and oxygen atoms in total. The van der Waals surface area contributed by atoms with Crippen molar-refractivity contribution in [3.8, 4) is 0 Å². The van der Waals surface area contributed by atoms with Crippen molar-refractivity contribution in [3.63, 3.8) is 0 Å². The van der Waals surface area contributed by atoms with Crippen LogP contribution in [0.1, 0.15) is 38.4 Å². The van der Waals surface area contributed by atoms with Crippen LogP contribution in [0.4, 0.5) is 0 Å². The molecule has 4 atom stereocenters. The molecule has 1 aromatic heterocycles. The van der Waals surface area contributed by atoms with Gasteiger partial charge in [0.25, 0.3) is 5.56 Å². The third-order valence-electron chi connectivity index (χ3n) is 6.32. The number of carbonyl (C=O) groups excluding carboxylic acids is 1. The Balaban J connectivity index is 1.33. The first-order valence-electron chi connectivity index (χ1n) is 9.95. The third-order valence-corrected chi connectivity index (χ3v) is 6.32. The van der Waals surface area contributed by atoms with E-state index in [4.69, 9.17) is 0 Å². The van der Waals surface area contributed by atoms with Crippen LogP contribution in [0.3, 0.4) is 0 Å². The molecule has 0 unspecified atom stereocenters. The van der Waals surface area contributed by atoms with Gasteiger partial charge in [0.15, 0.2) is 0 Å². The topological polar surface area (TPSA) is 78.1 Å². The fourth-order valence-corrected chi connectivity index (χ4v) is 5.08. The van der Waals surface area contributed by atoms with Gasteiger partial charge in [0.2, 0.25) is 5.91 Å². The van der Waals surface area contributed by atoms with E-state index in [1.807, 2.05) is 30.1 Å². The number of fused-ring (bicyclic) bond motifs is 3. The molecule has 1 aromatic carbocycles. The number of nitrogens with one attached hydrogen (secondary N) is 2. The summed E-state index contributed by atoms with van der Waals surface area (Å²) in [6, 6.07) is 7.52. The van der Waals surface area contributed by atoms with Gasteiger partial charge < -0.3 is 10.3 Å². The zero-order chi connectivity index (χ0) is 19.0. The number of likely N-dealkylation sites (N-methyl/N-ethyl adjacent to an activating group) is 1. The highest BCUT2D eigenvalue weighted by Gasteiger charge is 2.42. The Labute approximate surface area is 159 Å². The fraction of sp³-hybridized carbons (Fsp3) is 0.571. The molecule has 1 heterocycles. The number of benzene rings is 1. The van der Waals surface area contributed by atoms with Crippen LogP contribution in [-0.4, -0.2) is 40.4 Å². The van der Waals surface area contributed by atoms with Gasteiger partial charge in [0.1, 0.15) is 5.82 Å². The lowest BCUT2D eigenvalue weighted by Crippen LogP contribution is -2.44. The minimum absolute atomic E-state index is 0.0379. The number of rotatable bonds is 6. The Hall–Kier alpha value is -2.21. The first-order chi connectivity index (χ1) is 13.0. The Morgan fingerprint density at radius 2 is 2.15 bits per heavy atom. The van der Waals surface area contributed by atoms with Gasteiger partial charge in [-0.2, -0.15) is 0 Å². The molecular weight excluding hydrogens is 340 g/mol. The van der Waals surface area contributed by atoms with Gasteiger partial charge in [-0.15, -0.1) is 0 Å². The van der Waals surface area contributed by atoms with Crippen LogP contribution in [-0.2, 0) is 11.3 Å². The average molecular weight is 368 g/mol. The molecule has 27 heavy (non-hydrogen) atoms. The number of H-pyrrole nitrogens is 1. The molecule has 2 bridgehead atoms. The predicted molar refractivity (Wildman–Crippen MR) is 105 cm³/mol. The van der Waals surface area contributed by atoms with Crippen LogP contribution in [0, 0.1) is 17.8 Å². The lowest BCUT2D eigenvalue weighted by Gasteiger charge is -2.29. The quantitative estimate of drug-likeness (QED) is 0.820. The highest BCUT2D eigenvalue weighted by atomic mass is 16.2. The summed E-state index contributed by atoms with van der Waals surface area (Å²) in [5.41, 5.74) is 0.539. The van der Waals surface area contributed by atoms with Crippen LogP contribution < -0.4 is 10.9 Å². The van der Waals surface area contributed by atoms with Gasteiger partial charge in [-0.05, 0) is 63.1 Å². The number of aromatic amines is 1. The number of aromatic nitrogens is 2. The van der Waals surface area contributed by atoms with Crippen molar-refractivity contribution >= 4 is 16.8 Å². The summed E-state index contributed by atoms with van der Waals surface area (Å²) in [4.78, 5) is 33.8. The number of hydrogen-bond donors (Lipinski definition) is 2. The van der Waals surface area contributed by atoms with E-state index < -0.39 is 0 Å². The second kappa shape index (κ2) is 7.43. The molecule has 2 aliphatic rings. The first-order valence-corrected chi connectivity index (χ1v) is 9.95. The molecule has 4 rings (SSSR count). The van der Waals surface area contributed by atoms with E-state index in [2.05, 4.69) is 22.2 Å². The van der Waals surface area contributed by atoms with E-state index in [0.29, 0.717) is 35.7 Å². The van der Waals surface area contributed by atoms with E-state index in [9.17, 15) is 9.59 Å². The van der Waals surface area contributed by atoms with Gasteiger partial charge >= 0.3 is 0 Å². The second-order valence-corrected chi connectivity index (χ2v) is 8.40. The Kier molecular flexibility index (Phi) is 5.00. The summed E-state index contributed by atoms with van der Waals surface area (Å²) in [5.74, 6) is 2.94. The van der Waals surface area contributed by atoms with Gasteiger partial charge in [0, 0.05) is 6.04 Å². The molecule has 2 N–H and O–H groups in total. The molecule has 0 spiro atoms. The highest BCUT2D eigenvalue weighted by Crippen LogP contribution is 2.49. The Morgan fingerprint density at radius 3 is 2.89 bits per heavy atom. The summed E-state index contributed by atoms with van der Waals surface area (Å²) in [6.07, 6.45) is 5.33. The molecular formula is C21H28N4O2. The standard InChI is InChI=1S/C21H28N4O2/c1-13(17-10-14-7-8-15(17)9-14)22-20(26)12-25(2)11-19-23-18-6-4-3-5-16(18)21(27)24-19/h3-6,13-15,17H,7-12H2,1-2H3,(H,22,26)(H,23,24,27)/t13-,14-,15-,17-/m0/s1. The Bertz CT molecular complexity index is 893. The van der Waals surface area contributed by atoms with E-state index >= 15 is 0 Å². The van der Waals surface area contributed by atoms with Crippen molar-refractivity contribution < 1.29 is 4.79 Å². The number of para-hydroxylation sites is 1. The van der Waals surface area contributed by atoms with Crippen molar-refractivity contribution in [1.29, 1.82) is 0 Å². The molecule has 1 amide bonds. The van der Waals surface area contributed by atoms with Crippen molar-refractivity contribution in [2.45, 2.75) is 45.2 Å². The lowest BCUT2D eigenvalue weighted by atomic mass is 9.84. The fourth-order valence-electron chi connectivity index (χ4n) is 5.08. The Morgan fingerprint density at radius 1 is 1.33 bits per heavy atom. The zero-order valence-corrected chi connectivity index (χ0v) is 16.1. The second-order valence-electron chi connectivity index (χ2n) is 8.40. The SMILES string of the molecule is C[C@H](NC(=O)CN(C)Cc1nc2ccccc2c(=O)[nH]1)[C@@H]1C[C@H]2CC[C@H]1C2. The smallest absolute Gasteiger partial charge is 0.258 e. The van der Waals surface area contributed by atoms with Crippen LogP contribution in [0.15, 0.2) is 29.1 Å². The maximum atomic E-state index is 12.5. The molecule has 2 saturated carbocycles. The van der Waals surface area contributed by atoms with Gasteiger partial charge in [0.05, 0.1) is 24.0 Å². The monoisotopic (exact) mass is 368 g/mol. The molecule has 144 valence electrons. The summed E-state index contributed by atoms with van der Waals surface area (Å²) in [6.45, 7) is 2.86. The summed E-state index contributed by atoms with van der Waals surface area (Å²) < 4.78 is 0. The first kappa shape index (κ1) is 18.2. The lowest BCUT2D eigenvalue weighted by molar-refractivity contribution is -0.123. The van der Waals surface area contributed by atoms with E-state index in [1.165, 1.54) is 25.7 Å². The number of carbonyl (C=O) groups is 1. The predicted octanol–water partition coefficient (Wildman–Crippen LogP) is 2.30. The van der Waals surface area contributed by atoms with Crippen molar-refractivity contribution in [1.82, 2.24) is 20.2 Å². The molecule has 2 aromatic rings. The third kappa shape index (κ3) is 3.90. The molecule has 6 heteroatoms. The zero-order valence-electron chi connectivity index (χ0n) is 16.1. The van der Waals surface area contributed by atoms with Crippen molar-refractivity contribution in [2.24, 2.45) is 17.8 Å². The van der Waals surface area contributed by atoms with Crippen LogP contribution in [0.2, 0.25) is 0 Å². The molecule has 0 saturated heterocycles. The van der Waals surface area contributed by atoms with Gasteiger partial charge in [-0.25, -0.2) is 4.98 Å². The molecule has 2 fully saturated rings. The van der Waals surface area contributed by atoms with Gasteiger partial charge in [-0.3, -0.25) is 14.5 Å². The highest BCUT2D eigenvalue weighted by molar-refractivity contribution is 5.78. The summed E-state index contributed by atoms with van der Waals surface area (Å²) in [7, 11) is 1.87. The molecule has 0 radical (unpaired) electrons. The maximum Gasteiger partial charge on any atom is 0.258 e. The van der Waals surface area contributed by atoms with Crippen molar-refractivity contribution in [2.75, 3.05) is 13.6 Å². The minimum Gasteiger partial charge on any atom is -0.352 e. The largest absolute Gasteiger partial charge is 0.352 e. The van der Waals surface area contributed by atoms with Crippen LogP contribution >= 0.6 is 0 Å². The van der Waals surface area contributed by atoms with Crippen LogP contribution in [0.25, 0.3) is 10.9 Å². The summed E-state index contributed by atoms with van der Waals surface area (Å²) >= 11 is 0. The average Bonchev–Trinajstić information content (AvgIpc) is 3.24. The number of amides is 1. The van der Waals surface area contributed by atoms with E-state index in [1.54, 1.807) is 6.07 Å². The normalized spacial score (nSPS) is 25.2. The number of nitrogens with zero attached hydrogens (tertiary/aromatic N) is 2. The van der Waals surface area contributed by atoms with Crippen molar-refractivity contribution in [3.05, 3.63) is 40.4 Å². The minimum atomic E-state index is -0.140. The van der Waals surface area contributed by atoms with E-state index in [0.717, 1.165) is 11.8 Å². The molecule has 0 aliphatic heterocycles. The maximum absolute atomic E-state index is 12.5. The molecule has 2 aliphatic carbocycles. The van der Waals surface area contributed by atoms with Crippen LogP contribution in [0.5, 0.6) is 0 Å². The van der Waals surface area contributed by atoms with E-state index in [-0.39, 0.29) is 17.5 Å². The van der Waals surface area contributed by atoms with Gasteiger partial charge in [-0.1, -0.05) is 18.6 Å².